The highest BCUT2D eigenvalue weighted by Gasteiger charge is 2.36. The first-order valence-corrected chi connectivity index (χ1v) is 9.91. The molecule has 138 valence electrons. The average molecular weight is 359 g/mol. The van der Waals surface area contributed by atoms with Crippen molar-refractivity contribution in [3.05, 3.63) is 47.7 Å². The Morgan fingerprint density at radius 3 is 2.33 bits per heavy atom. The van der Waals surface area contributed by atoms with E-state index in [0.29, 0.717) is 5.75 Å². The molecule has 0 amide bonds. The smallest absolute Gasteiger partial charge is 0.147 e. The third kappa shape index (κ3) is 2.84. The van der Waals surface area contributed by atoms with Gasteiger partial charge in [0.15, 0.2) is 0 Å². The topological polar surface area (TPSA) is 49.2 Å². The first kappa shape index (κ1) is 16.5. The Morgan fingerprint density at radius 1 is 0.926 bits per heavy atom. The fourth-order valence-corrected chi connectivity index (χ4v) is 4.88. The molecule has 27 heavy (non-hydrogen) atoms. The van der Waals surface area contributed by atoms with E-state index in [1.165, 1.54) is 19.3 Å². The van der Waals surface area contributed by atoms with Crippen molar-refractivity contribution in [2.45, 2.75) is 33.1 Å². The molecule has 0 spiro atoms. The number of hydrogen-bond acceptors (Lipinski definition) is 4. The molecule has 0 radical (unpaired) electrons. The van der Waals surface area contributed by atoms with E-state index < -0.39 is 0 Å². The van der Waals surface area contributed by atoms with Crippen LogP contribution in [0.2, 0.25) is 0 Å². The number of benzene rings is 2. The van der Waals surface area contributed by atoms with Gasteiger partial charge >= 0.3 is 0 Å². The van der Waals surface area contributed by atoms with Gasteiger partial charge in [-0.1, -0.05) is 12.5 Å². The molecule has 2 aromatic carbocycles. The molecular weight excluding hydrogens is 334 g/mol. The molecule has 1 saturated carbocycles. The van der Waals surface area contributed by atoms with Crippen molar-refractivity contribution >= 4 is 16.9 Å². The molecule has 4 nitrogen and oxygen atoms in total. The van der Waals surface area contributed by atoms with E-state index in [9.17, 15) is 5.11 Å². The van der Waals surface area contributed by atoms with Crippen LogP contribution < -0.4 is 4.90 Å². The monoisotopic (exact) mass is 359 g/mol. The number of aromatic hydroxyl groups is 1. The lowest BCUT2D eigenvalue weighted by molar-refractivity contribution is 0.467. The summed E-state index contributed by atoms with van der Waals surface area (Å²) in [7, 11) is 0. The maximum absolute atomic E-state index is 10.0. The van der Waals surface area contributed by atoms with E-state index in [-0.39, 0.29) is 0 Å². The largest absolute Gasteiger partial charge is 0.507 e. The summed E-state index contributed by atoms with van der Waals surface area (Å²) in [5, 5.41) is 10.0. The summed E-state index contributed by atoms with van der Waals surface area (Å²) in [6, 6.07) is 10.3. The second kappa shape index (κ2) is 6.22. The first-order valence-electron chi connectivity index (χ1n) is 9.91. The summed E-state index contributed by atoms with van der Waals surface area (Å²) in [6.45, 7) is 6.13. The highest BCUT2D eigenvalue weighted by atomic mass is 16.3. The van der Waals surface area contributed by atoms with Gasteiger partial charge in [0.05, 0.1) is 17.2 Å². The Kier molecular flexibility index (Phi) is 3.81. The van der Waals surface area contributed by atoms with Gasteiger partial charge in [0.1, 0.15) is 11.6 Å². The summed E-state index contributed by atoms with van der Waals surface area (Å²) in [5.41, 5.74) is 5.87. The standard InChI is InChI=1S/C23H25N3O/c1-14-8-19(9-15(2)23(14)27)16-6-7-20-21(10-16)25-22(11-24-20)26-12-17-4-3-5-18(17)13-26/h6-11,17-18,27H,3-5,12-13H2,1-2H3. The minimum atomic E-state index is 0.376. The summed E-state index contributed by atoms with van der Waals surface area (Å²) >= 11 is 0. The predicted molar refractivity (Wildman–Crippen MR) is 109 cm³/mol. The lowest BCUT2D eigenvalue weighted by Gasteiger charge is -2.18. The Bertz CT molecular complexity index is 994. The Hall–Kier alpha value is -2.62. The molecule has 0 bridgehead atoms. The van der Waals surface area contributed by atoms with Gasteiger partial charge < -0.3 is 10.0 Å². The summed E-state index contributed by atoms with van der Waals surface area (Å²) in [4.78, 5) is 12.0. The van der Waals surface area contributed by atoms with Gasteiger partial charge in [-0.05, 0) is 85.0 Å². The molecule has 1 aromatic heterocycles. The van der Waals surface area contributed by atoms with Crippen molar-refractivity contribution in [3.63, 3.8) is 0 Å². The zero-order chi connectivity index (χ0) is 18.5. The lowest BCUT2D eigenvalue weighted by Crippen LogP contribution is -2.22. The van der Waals surface area contributed by atoms with Crippen LogP contribution in [0.25, 0.3) is 22.2 Å². The van der Waals surface area contributed by atoms with Gasteiger partial charge in [-0.2, -0.15) is 0 Å². The number of rotatable bonds is 2. The molecular formula is C23H25N3O. The molecule has 2 heterocycles. The van der Waals surface area contributed by atoms with Gasteiger partial charge in [0.25, 0.3) is 0 Å². The van der Waals surface area contributed by atoms with Crippen LogP contribution in [0.1, 0.15) is 30.4 Å². The Labute approximate surface area is 159 Å². The van der Waals surface area contributed by atoms with Gasteiger partial charge in [0.2, 0.25) is 0 Å². The van der Waals surface area contributed by atoms with E-state index in [4.69, 9.17) is 4.98 Å². The molecule has 2 unspecified atom stereocenters. The number of aryl methyl sites for hydroxylation is 2. The number of fused-ring (bicyclic) bond motifs is 2. The van der Waals surface area contributed by atoms with Crippen molar-refractivity contribution in [2.24, 2.45) is 11.8 Å². The van der Waals surface area contributed by atoms with Crippen LogP contribution in [0.15, 0.2) is 36.5 Å². The average Bonchev–Trinajstić information content (AvgIpc) is 3.27. The van der Waals surface area contributed by atoms with E-state index in [1.807, 2.05) is 38.2 Å². The quantitative estimate of drug-likeness (QED) is 0.710. The Morgan fingerprint density at radius 2 is 1.63 bits per heavy atom. The second-order valence-corrected chi connectivity index (χ2v) is 8.25. The molecule has 2 atom stereocenters. The van der Waals surface area contributed by atoms with Crippen molar-refractivity contribution < 1.29 is 5.11 Å². The van der Waals surface area contributed by atoms with E-state index in [0.717, 1.165) is 64.0 Å². The normalized spacial score (nSPS) is 21.8. The number of hydrogen-bond donors (Lipinski definition) is 1. The zero-order valence-corrected chi connectivity index (χ0v) is 15.9. The van der Waals surface area contributed by atoms with Crippen molar-refractivity contribution in [1.82, 2.24) is 9.97 Å². The number of aromatic nitrogens is 2. The van der Waals surface area contributed by atoms with Crippen LogP contribution in [-0.4, -0.2) is 28.2 Å². The summed E-state index contributed by atoms with van der Waals surface area (Å²) < 4.78 is 0. The molecule has 5 rings (SSSR count). The van der Waals surface area contributed by atoms with E-state index in [2.05, 4.69) is 22.0 Å². The first-order chi connectivity index (χ1) is 13.1. The van der Waals surface area contributed by atoms with Crippen molar-refractivity contribution in [2.75, 3.05) is 18.0 Å². The number of anilines is 1. The fraction of sp³-hybridized carbons (Fsp3) is 0.391. The van der Waals surface area contributed by atoms with Crippen LogP contribution in [-0.2, 0) is 0 Å². The number of phenols is 1. The predicted octanol–water partition coefficient (Wildman–Crippen LogP) is 4.86. The SMILES string of the molecule is Cc1cc(-c2ccc3ncc(N4CC5CCCC5C4)nc3c2)cc(C)c1O. The van der Waals surface area contributed by atoms with E-state index in [1.54, 1.807) is 0 Å². The highest BCUT2D eigenvalue weighted by Crippen LogP contribution is 2.39. The third-order valence-corrected chi connectivity index (χ3v) is 6.40. The minimum Gasteiger partial charge on any atom is -0.507 e. The van der Waals surface area contributed by atoms with Gasteiger partial charge in [-0.15, -0.1) is 0 Å². The molecule has 2 aliphatic rings. The van der Waals surface area contributed by atoms with Crippen molar-refractivity contribution in [1.29, 1.82) is 0 Å². The van der Waals surface area contributed by atoms with Crippen LogP contribution in [0, 0.1) is 25.7 Å². The highest BCUT2D eigenvalue weighted by molar-refractivity contribution is 5.82. The molecule has 3 aromatic rings. The molecule has 1 saturated heterocycles. The minimum absolute atomic E-state index is 0.376. The molecule has 1 aliphatic heterocycles. The molecule has 2 fully saturated rings. The Balaban J connectivity index is 1.51. The van der Waals surface area contributed by atoms with Gasteiger partial charge in [-0.3, -0.25) is 4.98 Å². The number of nitrogens with zero attached hydrogens (tertiary/aromatic N) is 3. The summed E-state index contributed by atoms with van der Waals surface area (Å²) in [6.07, 6.45) is 6.05. The van der Waals surface area contributed by atoms with Gasteiger partial charge in [-0.25, -0.2) is 4.98 Å². The fourth-order valence-electron chi connectivity index (χ4n) is 4.88. The molecule has 1 N–H and O–H groups in total. The second-order valence-electron chi connectivity index (χ2n) is 8.25. The summed E-state index contributed by atoms with van der Waals surface area (Å²) in [5.74, 6) is 3.07. The maximum Gasteiger partial charge on any atom is 0.147 e. The molecule has 4 heteroatoms. The van der Waals surface area contributed by atoms with Gasteiger partial charge in [0, 0.05) is 13.1 Å². The number of phenolic OH excluding ortho intramolecular Hbond substituents is 1. The zero-order valence-electron chi connectivity index (χ0n) is 15.9. The van der Waals surface area contributed by atoms with Crippen LogP contribution in [0.3, 0.4) is 0 Å². The van der Waals surface area contributed by atoms with Crippen LogP contribution >= 0.6 is 0 Å². The molecule has 1 aliphatic carbocycles. The van der Waals surface area contributed by atoms with Crippen LogP contribution in [0.5, 0.6) is 5.75 Å². The maximum atomic E-state index is 10.0. The lowest BCUT2D eigenvalue weighted by atomic mass is 9.99. The van der Waals surface area contributed by atoms with Crippen molar-refractivity contribution in [3.8, 4) is 16.9 Å². The third-order valence-electron chi connectivity index (χ3n) is 6.40. The van der Waals surface area contributed by atoms with Crippen LogP contribution in [0.4, 0.5) is 5.82 Å². The van der Waals surface area contributed by atoms with E-state index >= 15 is 0 Å².